The minimum atomic E-state index is -1.18. The highest BCUT2D eigenvalue weighted by Crippen LogP contribution is 2.15. The summed E-state index contributed by atoms with van der Waals surface area (Å²) < 4.78 is 0. The standard InChI is InChI=1S/C17H18N2O3/c20-16(21)10-15-17(22)18-7-8-19(15)11-12-5-6-13-3-1-2-4-14(13)9-12/h1-6,9,15H,7-8,10-11H2,(H,18,22)(H,20,21)/t15-/m1/s1. The number of rotatable bonds is 4. The molecule has 0 spiro atoms. The fraction of sp³-hybridized carbons (Fsp3) is 0.294. The number of carbonyl (C=O) groups excluding carboxylic acids is 2. The predicted molar refractivity (Wildman–Crippen MR) is 79.9 cm³/mol. The molecule has 114 valence electrons. The van der Waals surface area contributed by atoms with Crippen LogP contribution in [0.25, 0.3) is 10.8 Å². The summed E-state index contributed by atoms with van der Waals surface area (Å²) in [5.74, 6) is -1.38. The Bertz CT molecular complexity index is 714. The van der Waals surface area contributed by atoms with Gasteiger partial charge in [0.15, 0.2) is 6.04 Å². The molecule has 1 fully saturated rings. The Morgan fingerprint density at radius 3 is 2.77 bits per heavy atom. The number of hydrogen-bond donors (Lipinski definition) is 2. The number of benzene rings is 2. The van der Waals surface area contributed by atoms with E-state index in [4.69, 9.17) is 0 Å². The second-order valence-electron chi connectivity index (χ2n) is 5.69. The zero-order valence-electron chi connectivity index (χ0n) is 12.2. The molecule has 0 radical (unpaired) electrons. The van der Waals surface area contributed by atoms with Gasteiger partial charge in [-0.2, -0.15) is 0 Å². The van der Waals surface area contributed by atoms with Crippen LogP contribution in [0.15, 0.2) is 42.5 Å². The average Bonchev–Trinajstić information content (AvgIpc) is 2.50. The molecule has 5 heteroatoms. The number of carbonyl (C=O) groups is 2. The van der Waals surface area contributed by atoms with Crippen LogP contribution in [0.1, 0.15) is 12.0 Å². The Kier molecular flexibility index (Phi) is 4.06. The highest BCUT2D eigenvalue weighted by molar-refractivity contribution is 5.85. The van der Waals surface area contributed by atoms with Crippen molar-refractivity contribution in [2.75, 3.05) is 13.1 Å². The van der Waals surface area contributed by atoms with Crippen molar-refractivity contribution in [2.45, 2.75) is 19.0 Å². The fourth-order valence-corrected chi connectivity index (χ4v) is 3.06. The van der Waals surface area contributed by atoms with Gasteiger partial charge in [0.25, 0.3) is 5.91 Å². The Hall–Kier alpha value is -2.40. The van der Waals surface area contributed by atoms with Crippen LogP contribution >= 0.6 is 0 Å². The Morgan fingerprint density at radius 1 is 1.23 bits per heavy atom. The van der Waals surface area contributed by atoms with E-state index >= 15 is 0 Å². The first kappa shape index (κ1) is 14.5. The minimum Gasteiger partial charge on any atom is -0.550 e. The third-order valence-electron chi connectivity index (χ3n) is 4.17. The van der Waals surface area contributed by atoms with Gasteiger partial charge in [-0.25, -0.2) is 0 Å². The minimum absolute atomic E-state index is 0.203. The summed E-state index contributed by atoms with van der Waals surface area (Å²) in [7, 11) is 0. The van der Waals surface area contributed by atoms with Gasteiger partial charge in [0, 0.05) is 18.0 Å². The molecule has 5 nitrogen and oxygen atoms in total. The van der Waals surface area contributed by atoms with Gasteiger partial charge in [-0.3, -0.25) is 4.79 Å². The van der Waals surface area contributed by atoms with Crippen LogP contribution in [0, 0.1) is 0 Å². The third-order valence-corrected chi connectivity index (χ3v) is 4.17. The summed E-state index contributed by atoms with van der Waals surface area (Å²) >= 11 is 0. The molecule has 1 amide bonds. The second-order valence-corrected chi connectivity index (χ2v) is 5.69. The highest BCUT2D eigenvalue weighted by atomic mass is 16.4. The van der Waals surface area contributed by atoms with Gasteiger partial charge in [-0.1, -0.05) is 36.4 Å². The van der Waals surface area contributed by atoms with Gasteiger partial charge in [0.2, 0.25) is 0 Å². The molecule has 1 aliphatic rings. The lowest BCUT2D eigenvalue weighted by molar-refractivity contribution is -0.930. The summed E-state index contributed by atoms with van der Waals surface area (Å²) in [4.78, 5) is 23.8. The van der Waals surface area contributed by atoms with Crippen molar-refractivity contribution in [2.24, 2.45) is 0 Å². The Morgan fingerprint density at radius 2 is 2.00 bits per heavy atom. The summed E-state index contributed by atoms with van der Waals surface area (Å²) in [5, 5.41) is 15.9. The quantitative estimate of drug-likeness (QED) is 0.750. The molecule has 3 rings (SSSR count). The topological polar surface area (TPSA) is 73.7 Å². The van der Waals surface area contributed by atoms with Crippen molar-refractivity contribution in [3.05, 3.63) is 48.0 Å². The van der Waals surface area contributed by atoms with Crippen LogP contribution in [0.5, 0.6) is 0 Å². The number of fused-ring (bicyclic) bond motifs is 1. The molecular formula is C17H18N2O3. The Balaban J connectivity index is 1.81. The van der Waals surface area contributed by atoms with Crippen LogP contribution in [0.2, 0.25) is 0 Å². The average molecular weight is 298 g/mol. The largest absolute Gasteiger partial charge is 0.550 e. The van der Waals surface area contributed by atoms with E-state index < -0.39 is 12.0 Å². The monoisotopic (exact) mass is 298 g/mol. The molecule has 2 aromatic carbocycles. The van der Waals surface area contributed by atoms with E-state index in [1.165, 1.54) is 5.39 Å². The van der Waals surface area contributed by atoms with Gasteiger partial charge >= 0.3 is 0 Å². The maximum absolute atomic E-state index is 11.9. The first-order valence-electron chi connectivity index (χ1n) is 7.43. The molecule has 1 unspecified atom stereocenters. The van der Waals surface area contributed by atoms with Crippen LogP contribution in [-0.2, 0) is 16.1 Å². The maximum Gasteiger partial charge on any atom is 0.278 e. The molecule has 1 heterocycles. The number of carboxylic acid groups (broad SMARTS) is 1. The zero-order valence-corrected chi connectivity index (χ0v) is 12.2. The number of hydrogen-bond acceptors (Lipinski definition) is 3. The maximum atomic E-state index is 11.9. The molecule has 0 saturated carbocycles. The highest BCUT2D eigenvalue weighted by Gasteiger charge is 2.33. The fourth-order valence-electron chi connectivity index (χ4n) is 3.06. The normalized spacial score (nSPS) is 21.5. The summed E-state index contributed by atoms with van der Waals surface area (Å²) in [5.41, 5.74) is 1.10. The number of carboxylic acids is 1. The van der Waals surface area contributed by atoms with Crippen LogP contribution < -0.4 is 15.3 Å². The van der Waals surface area contributed by atoms with Crippen molar-refractivity contribution >= 4 is 22.6 Å². The van der Waals surface area contributed by atoms with E-state index in [-0.39, 0.29) is 12.3 Å². The lowest BCUT2D eigenvalue weighted by Gasteiger charge is -2.32. The van der Waals surface area contributed by atoms with Crippen molar-refractivity contribution < 1.29 is 19.6 Å². The van der Waals surface area contributed by atoms with Gasteiger partial charge in [-0.15, -0.1) is 0 Å². The smallest absolute Gasteiger partial charge is 0.278 e. The van der Waals surface area contributed by atoms with Gasteiger partial charge in [-0.05, 0) is 16.8 Å². The van der Waals surface area contributed by atoms with Crippen LogP contribution in [-0.4, -0.2) is 31.0 Å². The van der Waals surface area contributed by atoms with E-state index in [0.717, 1.165) is 22.4 Å². The van der Waals surface area contributed by atoms with Crippen molar-refractivity contribution in [1.29, 1.82) is 0 Å². The number of nitrogens with one attached hydrogen (secondary N) is 2. The van der Waals surface area contributed by atoms with E-state index in [1.54, 1.807) is 0 Å². The summed E-state index contributed by atoms with van der Waals surface area (Å²) in [6.07, 6.45) is -0.241. The zero-order chi connectivity index (χ0) is 15.5. The summed E-state index contributed by atoms with van der Waals surface area (Å²) in [6, 6.07) is 13.7. The summed E-state index contributed by atoms with van der Waals surface area (Å²) in [6.45, 7) is 1.93. The molecule has 0 aromatic heterocycles. The van der Waals surface area contributed by atoms with E-state index in [1.807, 2.05) is 18.2 Å². The lowest BCUT2D eigenvalue weighted by Crippen LogP contribution is -3.18. The Labute approximate surface area is 128 Å². The first-order chi connectivity index (χ1) is 10.6. The van der Waals surface area contributed by atoms with Crippen LogP contribution in [0.3, 0.4) is 0 Å². The van der Waals surface area contributed by atoms with E-state index in [9.17, 15) is 14.7 Å². The van der Waals surface area contributed by atoms with E-state index in [2.05, 4.69) is 29.6 Å². The van der Waals surface area contributed by atoms with Crippen molar-refractivity contribution in [3.63, 3.8) is 0 Å². The first-order valence-corrected chi connectivity index (χ1v) is 7.43. The SMILES string of the molecule is O=C([O-])C[C@@H]1C(=O)NCC[NH+]1Cc1ccc2ccccc2c1. The van der Waals surface area contributed by atoms with Gasteiger partial charge in [0.1, 0.15) is 6.54 Å². The van der Waals surface area contributed by atoms with Gasteiger partial charge < -0.3 is 20.1 Å². The number of amides is 1. The molecule has 22 heavy (non-hydrogen) atoms. The number of aliphatic carboxylic acids is 1. The molecule has 2 N–H and O–H groups in total. The molecule has 0 bridgehead atoms. The third kappa shape index (κ3) is 3.09. The number of piperazine rings is 1. The molecule has 2 aromatic rings. The van der Waals surface area contributed by atoms with Crippen LogP contribution in [0.4, 0.5) is 0 Å². The molecule has 1 saturated heterocycles. The molecular weight excluding hydrogens is 280 g/mol. The second kappa shape index (κ2) is 6.15. The van der Waals surface area contributed by atoms with E-state index in [0.29, 0.717) is 13.1 Å². The van der Waals surface area contributed by atoms with Crippen molar-refractivity contribution in [3.8, 4) is 0 Å². The predicted octanol–water partition coefficient (Wildman–Crippen LogP) is -1.14. The molecule has 2 atom stereocenters. The molecule has 1 aliphatic heterocycles. The lowest BCUT2D eigenvalue weighted by atomic mass is 10.0. The molecule has 0 aliphatic carbocycles. The van der Waals surface area contributed by atoms with Crippen molar-refractivity contribution in [1.82, 2.24) is 5.32 Å². The number of quaternary nitrogens is 1. The van der Waals surface area contributed by atoms with Gasteiger partial charge in [0.05, 0.1) is 13.1 Å².